The van der Waals surface area contributed by atoms with Gasteiger partial charge in [0.15, 0.2) is 0 Å². The summed E-state index contributed by atoms with van der Waals surface area (Å²) in [6.07, 6.45) is 4.65. The molecule has 3 amide bonds. The number of aryl methyl sites for hydroxylation is 2. The van der Waals surface area contributed by atoms with Crippen LogP contribution in [-0.4, -0.2) is 41.0 Å². The Morgan fingerprint density at radius 2 is 1.60 bits per heavy atom. The van der Waals surface area contributed by atoms with Crippen LogP contribution in [0.4, 0.5) is 10.5 Å². The summed E-state index contributed by atoms with van der Waals surface area (Å²) < 4.78 is 5.50. The zero-order chi connectivity index (χ0) is 31.4. The Morgan fingerprint density at radius 1 is 0.952 bits per heavy atom. The molecule has 0 bridgehead atoms. The second-order valence-corrected chi connectivity index (χ2v) is 12.9. The maximum atomic E-state index is 14.4. The molecule has 0 aliphatic carbocycles. The first-order valence-electron chi connectivity index (χ1n) is 15.2. The molecule has 2 N–H and O–H groups in total. The first-order valence-corrected chi connectivity index (χ1v) is 15.5. The van der Waals surface area contributed by atoms with E-state index < -0.39 is 23.8 Å². The van der Waals surface area contributed by atoms with E-state index in [2.05, 4.69) is 17.6 Å². The highest BCUT2D eigenvalue weighted by atomic mass is 35.5. The van der Waals surface area contributed by atoms with Crippen LogP contribution in [0.2, 0.25) is 5.02 Å². The lowest BCUT2D eigenvalue weighted by Gasteiger charge is -2.35. The van der Waals surface area contributed by atoms with Gasteiger partial charge in [0.05, 0.1) is 10.7 Å². The lowest BCUT2D eigenvalue weighted by atomic mass is 9.98. The fourth-order valence-electron chi connectivity index (χ4n) is 4.80. The van der Waals surface area contributed by atoms with Crippen molar-refractivity contribution in [2.75, 3.05) is 11.9 Å². The molecular weight excluding hydrogens is 550 g/mol. The van der Waals surface area contributed by atoms with Crippen molar-refractivity contribution in [1.29, 1.82) is 0 Å². The van der Waals surface area contributed by atoms with Crippen molar-refractivity contribution in [2.45, 2.75) is 112 Å². The van der Waals surface area contributed by atoms with Crippen LogP contribution in [0.15, 0.2) is 42.5 Å². The van der Waals surface area contributed by atoms with Crippen molar-refractivity contribution in [3.05, 3.63) is 64.2 Å². The van der Waals surface area contributed by atoms with Gasteiger partial charge in [0.2, 0.25) is 5.91 Å². The van der Waals surface area contributed by atoms with E-state index in [9.17, 15) is 14.4 Å². The van der Waals surface area contributed by atoms with Crippen molar-refractivity contribution in [3.8, 4) is 0 Å². The lowest BCUT2D eigenvalue weighted by molar-refractivity contribution is -0.141. The van der Waals surface area contributed by atoms with E-state index >= 15 is 0 Å². The van der Waals surface area contributed by atoms with Gasteiger partial charge in [-0.1, -0.05) is 100 Å². The predicted molar refractivity (Wildman–Crippen MR) is 172 cm³/mol. The standard InChI is InChI=1S/C34H50ClN3O4/c1-9-10-11-12-13-21-38(32(40)28(22-23(2)3)36-33(41)42-34(6,7)8)30(26-19-17-24(4)18-20-26)31(39)37-29-25(5)15-14-16-27(29)35/h14-20,23,28,30H,9-13,21-22H2,1-8H3,(H,36,41)(H,37,39). The Labute approximate surface area is 257 Å². The Morgan fingerprint density at radius 3 is 2.17 bits per heavy atom. The lowest BCUT2D eigenvalue weighted by Crippen LogP contribution is -2.53. The molecule has 0 heterocycles. The quantitative estimate of drug-likeness (QED) is 0.213. The van der Waals surface area contributed by atoms with Crippen molar-refractivity contribution >= 4 is 35.2 Å². The van der Waals surface area contributed by atoms with E-state index in [1.807, 2.05) is 64.1 Å². The normalized spacial score (nSPS) is 12.9. The smallest absolute Gasteiger partial charge is 0.408 e. The van der Waals surface area contributed by atoms with Gasteiger partial charge >= 0.3 is 6.09 Å². The van der Waals surface area contributed by atoms with Crippen LogP contribution in [0, 0.1) is 19.8 Å². The number of anilines is 1. The first-order chi connectivity index (χ1) is 19.7. The molecule has 0 spiro atoms. The van der Waals surface area contributed by atoms with E-state index in [4.69, 9.17) is 16.3 Å². The maximum Gasteiger partial charge on any atom is 0.408 e. The second kappa shape index (κ2) is 16.5. The van der Waals surface area contributed by atoms with Crippen molar-refractivity contribution in [3.63, 3.8) is 0 Å². The van der Waals surface area contributed by atoms with Gasteiger partial charge in [-0.2, -0.15) is 0 Å². The fraction of sp³-hybridized carbons (Fsp3) is 0.559. The predicted octanol–water partition coefficient (Wildman–Crippen LogP) is 8.38. The van der Waals surface area contributed by atoms with Crippen LogP contribution < -0.4 is 10.6 Å². The van der Waals surface area contributed by atoms with Crippen LogP contribution in [0.25, 0.3) is 0 Å². The van der Waals surface area contributed by atoms with Gasteiger partial charge in [-0.05, 0) is 70.6 Å². The molecule has 232 valence electrons. The van der Waals surface area contributed by atoms with Crippen LogP contribution in [-0.2, 0) is 14.3 Å². The molecule has 0 aromatic heterocycles. The largest absolute Gasteiger partial charge is 0.444 e. The number of para-hydroxylation sites is 1. The Balaban J connectivity index is 2.56. The van der Waals surface area contributed by atoms with Gasteiger partial charge in [-0.15, -0.1) is 0 Å². The van der Waals surface area contributed by atoms with E-state index in [-0.39, 0.29) is 17.7 Å². The summed E-state index contributed by atoms with van der Waals surface area (Å²) >= 11 is 6.48. The molecule has 0 radical (unpaired) electrons. The number of unbranched alkanes of at least 4 members (excludes halogenated alkanes) is 4. The van der Waals surface area contributed by atoms with Crippen molar-refractivity contribution < 1.29 is 19.1 Å². The van der Waals surface area contributed by atoms with Crippen LogP contribution in [0.3, 0.4) is 0 Å². The number of carbonyl (C=O) groups is 3. The van der Waals surface area contributed by atoms with Gasteiger partial charge < -0.3 is 20.3 Å². The number of rotatable bonds is 14. The van der Waals surface area contributed by atoms with Gasteiger partial charge in [0, 0.05) is 6.54 Å². The third-order valence-corrected chi connectivity index (χ3v) is 7.22. The number of benzene rings is 2. The third-order valence-electron chi connectivity index (χ3n) is 6.91. The van der Waals surface area contributed by atoms with E-state index in [0.29, 0.717) is 29.2 Å². The van der Waals surface area contributed by atoms with Gasteiger partial charge in [-0.3, -0.25) is 9.59 Å². The zero-order valence-corrected chi connectivity index (χ0v) is 27.4. The summed E-state index contributed by atoms with van der Waals surface area (Å²) in [5, 5.41) is 6.25. The number of amides is 3. The minimum Gasteiger partial charge on any atom is -0.444 e. The molecule has 0 saturated carbocycles. The topological polar surface area (TPSA) is 87.7 Å². The summed E-state index contributed by atoms with van der Waals surface area (Å²) in [6.45, 7) is 15.7. The number of hydrogen-bond acceptors (Lipinski definition) is 4. The highest BCUT2D eigenvalue weighted by molar-refractivity contribution is 6.34. The molecule has 0 aliphatic heterocycles. The van der Waals surface area contributed by atoms with Crippen LogP contribution in [0.1, 0.15) is 103 Å². The second-order valence-electron chi connectivity index (χ2n) is 12.5. The number of alkyl carbamates (subject to hydrolysis) is 1. The number of nitrogens with zero attached hydrogens (tertiary/aromatic N) is 1. The molecule has 2 aromatic carbocycles. The number of nitrogens with one attached hydrogen (secondary N) is 2. The van der Waals surface area contributed by atoms with Crippen LogP contribution in [0.5, 0.6) is 0 Å². The molecule has 0 saturated heterocycles. The number of ether oxygens (including phenoxy) is 1. The van der Waals surface area contributed by atoms with Gasteiger partial charge in [0.25, 0.3) is 5.91 Å². The number of hydrogen-bond donors (Lipinski definition) is 2. The van der Waals surface area contributed by atoms with E-state index in [0.717, 1.165) is 43.2 Å². The SMILES string of the molecule is CCCCCCCN(C(=O)C(CC(C)C)NC(=O)OC(C)(C)C)C(C(=O)Nc1c(C)cccc1Cl)c1ccc(C)cc1. The fourth-order valence-corrected chi connectivity index (χ4v) is 5.07. The summed E-state index contributed by atoms with van der Waals surface area (Å²) in [4.78, 5) is 43.1. The molecular formula is C34H50ClN3O4. The molecule has 2 atom stereocenters. The molecule has 2 rings (SSSR count). The van der Waals surface area contributed by atoms with E-state index in [1.54, 1.807) is 31.7 Å². The minimum atomic E-state index is -0.935. The number of halogens is 1. The minimum absolute atomic E-state index is 0.109. The average Bonchev–Trinajstić information content (AvgIpc) is 2.88. The Bertz CT molecular complexity index is 1150. The first kappa shape index (κ1) is 35.1. The van der Waals surface area contributed by atoms with Gasteiger partial charge in [0.1, 0.15) is 17.7 Å². The summed E-state index contributed by atoms with van der Waals surface area (Å²) in [6, 6.07) is 11.3. The highest BCUT2D eigenvalue weighted by Crippen LogP contribution is 2.30. The molecule has 8 heteroatoms. The van der Waals surface area contributed by atoms with Crippen LogP contribution >= 0.6 is 11.6 Å². The maximum absolute atomic E-state index is 14.4. The molecule has 0 fully saturated rings. The summed E-state index contributed by atoms with van der Waals surface area (Å²) in [7, 11) is 0. The summed E-state index contributed by atoms with van der Waals surface area (Å²) in [5.41, 5.74) is 2.35. The Hall–Kier alpha value is -3.06. The molecule has 7 nitrogen and oxygen atoms in total. The number of carbonyl (C=O) groups excluding carboxylic acids is 3. The molecule has 42 heavy (non-hydrogen) atoms. The third kappa shape index (κ3) is 11.3. The zero-order valence-electron chi connectivity index (χ0n) is 26.7. The average molecular weight is 600 g/mol. The van der Waals surface area contributed by atoms with Crippen molar-refractivity contribution in [1.82, 2.24) is 10.2 Å². The van der Waals surface area contributed by atoms with Crippen molar-refractivity contribution in [2.24, 2.45) is 5.92 Å². The van der Waals surface area contributed by atoms with E-state index in [1.165, 1.54) is 0 Å². The Kier molecular flexibility index (Phi) is 13.8. The molecule has 0 aliphatic rings. The summed E-state index contributed by atoms with van der Waals surface area (Å²) in [5.74, 6) is -0.572. The highest BCUT2D eigenvalue weighted by Gasteiger charge is 2.36. The molecule has 2 aromatic rings. The van der Waals surface area contributed by atoms with Gasteiger partial charge in [-0.25, -0.2) is 4.79 Å². The molecule has 2 unspecified atom stereocenters. The monoisotopic (exact) mass is 599 g/mol.